The van der Waals surface area contributed by atoms with E-state index in [1.165, 1.54) is 5.56 Å². The lowest BCUT2D eigenvalue weighted by Gasteiger charge is -2.09. The molecule has 90 valence electrons. The van der Waals surface area contributed by atoms with E-state index in [0.29, 0.717) is 0 Å². The van der Waals surface area contributed by atoms with Gasteiger partial charge in [0.15, 0.2) is 5.82 Å². The molecule has 0 fully saturated rings. The Morgan fingerprint density at radius 2 is 2.12 bits per heavy atom. The van der Waals surface area contributed by atoms with Crippen molar-refractivity contribution in [3.05, 3.63) is 27.2 Å². The zero-order valence-electron chi connectivity index (χ0n) is 10.0. The molecule has 0 bridgehead atoms. The molecule has 0 saturated carbocycles. The number of rotatable bonds is 3. The van der Waals surface area contributed by atoms with Crippen molar-refractivity contribution in [3.63, 3.8) is 0 Å². The Bertz CT molecular complexity index is 537. The molecule has 0 atom stereocenters. The summed E-state index contributed by atoms with van der Waals surface area (Å²) >= 11 is 5.19. The standard InChI is InChI=1S/C12H14BrN3S/c1-4-14-11-9(13)8(3)15-12(16-11)10-7(2)5-6-17-10/h5-6H,4H2,1-3H3,(H,14,15,16). The van der Waals surface area contributed by atoms with Crippen molar-refractivity contribution < 1.29 is 0 Å². The first-order valence-electron chi connectivity index (χ1n) is 5.46. The Kier molecular flexibility index (Phi) is 3.79. The van der Waals surface area contributed by atoms with Crippen LogP contribution in [0.1, 0.15) is 18.2 Å². The van der Waals surface area contributed by atoms with Gasteiger partial charge in [-0.25, -0.2) is 9.97 Å². The molecule has 5 heteroatoms. The van der Waals surface area contributed by atoms with Crippen molar-refractivity contribution in [2.75, 3.05) is 11.9 Å². The number of nitrogens with zero attached hydrogens (tertiary/aromatic N) is 2. The molecule has 0 aliphatic carbocycles. The van der Waals surface area contributed by atoms with Crippen molar-refractivity contribution in [3.8, 4) is 10.7 Å². The molecule has 0 radical (unpaired) electrons. The quantitative estimate of drug-likeness (QED) is 0.930. The summed E-state index contributed by atoms with van der Waals surface area (Å²) in [5.74, 6) is 1.66. The minimum atomic E-state index is 0.800. The maximum absolute atomic E-state index is 4.57. The number of thiophene rings is 1. The molecule has 2 heterocycles. The number of anilines is 1. The van der Waals surface area contributed by atoms with Gasteiger partial charge in [-0.2, -0.15) is 0 Å². The molecule has 2 rings (SSSR count). The van der Waals surface area contributed by atoms with E-state index in [-0.39, 0.29) is 0 Å². The molecule has 0 amide bonds. The minimum absolute atomic E-state index is 0.800. The zero-order chi connectivity index (χ0) is 12.4. The second-order valence-corrected chi connectivity index (χ2v) is 5.47. The van der Waals surface area contributed by atoms with Gasteiger partial charge in [-0.1, -0.05) is 0 Å². The highest BCUT2D eigenvalue weighted by atomic mass is 79.9. The molecule has 0 unspecified atom stereocenters. The van der Waals surface area contributed by atoms with Crippen LogP contribution >= 0.6 is 27.3 Å². The van der Waals surface area contributed by atoms with Gasteiger partial charge in [-0.05, 0) is 53.7 Å². The molecule has 0 saturated heterocycles. The van der Waals surface area contributed by atoms with E-state index in [9.17, 15) is 0 Å². The Labute approximate surface area is 113 Å². The monoisotopic (exact) mass is 311 g/mol. The van der Waals surface area contributed by atoms with Gasteiger partial charge < -0.3 is 5.32 Å². The van der Waals surface area contributed by atoms with E-state index >= 15 is 0 Å². The Morgan fingerprint density at radius 3 is 2.71 bits per heavy atom. The summed E-state index contributed by atoms with van der Waals surface area (Å²) < 4.78 is 0.942. The Morgan fingerprint density at radius 1 is 1.35 bits per heavy atom. The SMILES string of the molecule is CCNc1nc(-c2sccc2C)nc(C)c1Br. The van der Waals surface area contributed by atoms with Crippen molar-refractivity contribution in [1.82, 2.24) is 9.97 Å². The number of halogens is 1. The van der Waals surface area contributed by atoms with Gasteiger partial charge in [-0.15, -0.1) is 11.3 Å². The summed E-state index contributed by atoms with van der Waals surface area (Å²) in [6.07, 6.45) is 0. The van der Waals surface area contributed by atoms with E-state index in [1.807, 2.05) is 6.92 Å². The maximum Gasteiger partial charge on any atom is 0.172 e. The molecule has 1 N–H and O–H groups in total. The molecule has 2 aromatic heterocycles. The van der Waals surface area contributed by atoms with Crippen molar-refractivity contribution in [1.29, 1.82) is 0 Å². The third kappa shape index (κ3) is 2.50. The van der Waals surface area contributed by atoms with E-state index in [1.54, 1.807) is 11.3 Å². The largest absolute Gasteiger partial charge is 0.369 e. The van der Waals surface area contributed by atoms with Crippen LogP contribution in [0, 0.1) is 13.8 Å². The number of aromatic nitrogens is 2. The molecule has 0 aromatic carbocycles. The molecular weight excluding hydrogens is 298 g/mol. The fraction of sp³-hybridized carbons (Fsp3) is 0.333. The van der Waals surface area contributed by atoms with Gasteiger partial charge in [0, 0.05) is 6.54 Å². The number of nitrogens with one attached hydrogen (secondary N) is 1. The summed E-state index contributed by atoms with van der Waals surface area (Å²) in [7, 11) is 0. The lowest BCUT2D eigenvalue weighted by Crippen LogP contribution is -2.04. The van der Waals surface area contributed by atoms with Gasteiger partial charge >= 0.3 is 0 Å². The third-order valence-electron chi connectivity index (χ3n) is 2.43. The average Bonchev–Trinajstić information content (AvgIpc) is 2.71. The Hall–Kier alpha value is -0.940. The van der Waals surface area contributed by atoms with Crippen molar-refractivity contribution in [2.45, 2.75) is 20.8 Å². The summed E-state index contributed by atoms with van der Waals surface area (Å²) in [4.78, 5) is 10.2. The van der Waals surface area contributed by atoms with Crippen LogP contribution in [-0.2, 0) is 0 Å². The second kappa shape index (κ2) is 5.14. The molecular formula is C12H14BrN3S. The van der Waals surface area contributed by atoms with Crippen LogP contribution in [0.3, 0.4) is 0 Å². The number of hydrogen-bond donors (Lipinski definition) is 1. The predicted molar refractivity (Wildman–Crippen MR) is 76.7 cm³/mol. The van der Waals surface area contributed by atoms with Crippen LogP contribution < -0.4 is 5.32 Å². The van der Waals surface area contributed by atoms with Crippen molar-refractivity contribution >= 4 is 33.1 Å². The Balaban J connectivity index is 2.53. The smallest absolute Gasteiger partial charge is 0.172 e. The van der Waals surface area contributed by atoms with Crippen LogP contribution in [0.5, 0.6) is 0 Å². The lowest BCUT2D eigenvalue weighted by atomic mass is 10.2. The van der Waals surface area contributed by atoms with Crippen LogP contribution in [0.25, 0.3) is 10.7 Å². The minimum Gasteiger partial charge on any atom is -0.369 e. The lowest BCUT2D eigenvalue weighted by molar-refractivity contribution is 1.07. The van der Waals surface area contributed by atoms with E-state index in [2.05, 4.69) is 56.5 Å². The normalized spacial score (nSPS) is 10.6. The first-order chi connectivity index (χ1) is 8.13. The first-order valence-corrected chi connectivity index (χ1v) is 7.13. The molecule has 0 aliphatic rings. The van der Waals surface area contributed by atoms with Crippen LogP contribution in [0.15, 0.2) is 15.9 Å². The van der Waals surface area contributed by atoms with Gasteiger partial charge in [0.05, 0.1) is 15.0 Å². The number of aryl methyl sites for hydroxylation is 2. The van der Waals surface area contributed by atoms with Gasteiger partial charge in [0.25, 0.3) is 0 Å². The van der Waals surface area contributed by atoms with Crippen LogP contribution in [0.2, 0.25) is 0 Å². The fourth-order valence-electron chi connectivity index (χ4n) is 1.55. The van der Waals surface area contributed by atoms with Gasteiger partial charge in [0.1, 0.15) is 5.82 Å². The average molecular weight is 312 g/mol. The highest BCUT2D eigenvalue weighted by Crippen LogP contribution is 2.30. The molecule has 0 aliphatic heterocycles. The van der Waals surface area contributed by atoms with Crippen molar-refractivity contribution in [2.24, 2.45) is 0 Å². The third-order valence-corrected chi connectivity index (χ3v) is 4.39. The highest BCUT2D eigenvalue weighted by Gasteiger charge is 2.12. The topological polar surface area (TPSA) is 37.8 Å². The first kappa shape index (κ1) is 12.5. The maximum atomic E-state index is 4.57. The predicted octanol–water partition coefficient (Wildman–Crippen LogP) is 4.02. The summed E-state index contributed by atoms with van der Waals surface area (Å²) in [6.45, 7) is 6.97. The molecule has 2 aromatic rings. The van der Waals surface area contributed by atoms with E-state index in [4.69, 9.17) is 0 Å². The molecule has 3 nitrogen and oxygen atoms in total. The summed E-state index contributed by atoms with van der Waals surface area (Å²) in [6, 6.07) is 2.09. The highest BCUT2D eigenvalue weighted by molar-refractivity contribution is 9.10. The van der Waals surface area contributed by atoms with E-state index in [0.717, 1.165) is 33.2 Å². The van der Waals surface area contributed by atoms with Crippen LogP contribution in [0.4, 0.5) is 5.82 Å². The second-order valence-electron chi connectivity index (χ2n) is 3.76. The summed E-state index contributed by atoms with van der Waals surface area (Å²) in [5, 5.41) is 5.31. The molecule has 0 spiro atoms. The van der Waals surface area contributed by atoms with Gasteiger partial charge in [0.2, 0.25) is 0 Å². The molecule has 17 heavy (non-hydrogen) atoms. The van der Waals surface area contributed by atoms with E-state index < -0.39 is 0 Å². The number of hydrogen-bond acceptors (Lipinski definition) is 4. The zero-order valence-corrected chi connectivity index (χ0v) is 12.4. The van der Waals surface area contributed by atoms with Crippen LogP contribution in [-0.4, -0.2) is 16.5 Å². The summed E-state index contributed by atoms with van der Waals surface area (Å²) in [5.41, 5.74) is 2.18. The van der Waals surface area contributed by atoms with Gasteiger partial charge in [-0.3, -0.25) is 0 Å². The fourth-order valence-corrected chi connectivity index (χ4v) is 2.72.